The zero-order valence-corrected chi connectivity index (χ0v) is 11.2. The maximum absolute atomic E-state index is 9.96. The number of nitrogens with two attached hydrogens (primary N) is 1. The molecule has 21 heavy (non-hydrogen) atoms. The standard InChI is InChI=1S/C12H17N5O4/c13-11-10-12(15-4-14-11)17(5-16-10)9-2-6(19)1-7(20)8(3-18)21-9/h4-9,18-20H,1-3H2,(H2,13,14,15)/t6-,7+,8-,9+/m1/s1. The molecule has 3 rings (SSSR count). The molecule has 2 aromatic rings. The van der Waals surface area contributed by atoms with Crippen molar-refractivity contribution in [2.75, 3.05) is 12.3 Å². The van der Waals surface area contributed by atoms with Crippen LogP contribution in [0, 0.1) is 0 Å². The van der Waals surface area contributed by atoms with Gasteiger partial charge in [0.15, 0.2) is 11.5 Å². The lowest BCUT2D eigenvalue weighted by Crippen LogP contribution is -2.33. The summed E-state index contributed by atoms with van der Waals surface area (Å²) in [4.78, 5) is 12.1. The van der Waals surface area contributed by atoms with E-state index in [1.165, 1.54) is 12.7 Å². The van der Waals surface area contributed by atoms with E-state index in [0.717, 1.165) is 0 Å². The van der Waals surface area contributed by atoms with Crippen LogP contribution < -0.4 is 5.73 Å². The van der Waals surface area contributed by atoms with Gasteiger partial charge in [0.25, 0.3) is 0 Å². The van der Waals surface area contributed by atoms with Crippen LogP contribution in [0.2, 0.25) is 0 Å². The van der Waals surface area contributed by atoms with E-state index in [1.807, 2.05) is 0 Å². The molecule has 9 nitrogen and oxygen atoms in total. The fourth-order valence-electron chi connectivity index (χ4n) is 2.53. The topological polar surface area (TPSA) is 140 Å². The van der Waals surface area contributed by atoms with Gasteiger partial charge in [-0.2, -0.15) is 0 Å². The Morgan fingerprint density at radius 2 is 2.10 bits per heavy atom. The number of hydrogen-bond acceptors (Lipinski definition) is 8. The van der Waals surface area contributed by atoms with Crippen LogP contribution in [0.1, 0.15) is 19.1 Å². The van der Waals surface area contributed by atoms with Crippen LogP contribution in [-0.2, 0) is 4.74 Å². The number of hydrogen-bond donors (Lipinski definition) is 4. The van der Waals surface area contributed by atoms with Gasteiger partial charge in [0.1, 0.15) is 24.2 Å². The Kier molecular flexibility index (Phi) is 3.72. The highest BCUT2D eigenvalue weighted by Gasteiger charge is 2.33. The van der Waals surface area contributed by atoms with Crippen LogP contribution in [0.5, 0.6) is 0 Å². The number of aliphatic hydroxyl groups is 3. The molecule has 5 N–H and O–H groups in total. The van der Waals surface area contributed by atoms with Crippen molar-refractivity contribution in [1.29, 1.82) is 0 Å². The van der Waals surface area contributed by atoms with Crippen LogP contribution >= 0.6 is 0 Å². The van der Waals surface area contributed by atoms with E-state index in [9.17, 15) is 15.3 Å². The second kappa shape index (κ2) is 5.53. The third-order valence-corrected chi connectivity index (χ3v) is 3.63. The lowest BCUT2D eigenvalue weighted by Gasteiger charge is -2.23. The van der Waals surface area contributed by atoms with Crippen molar-refractivity contribution < 1.29 is 20.1 Å². The number of aromatic nitrogens is 4. The summed E-state index contributed by atoms with van der Waals surface area (Å²) in [6, 6.07) is 0. The van der Waals surface area contributed by atoms with Crippen molar-refractivity contribution in [2.45, 2.75) is 37.4 Å². The molecule has 4 atom stereocenters. The summed E-state index contributed by atoms with van der Waals surface area (Å²) in [5.74, 6) is 0.256. The van der Waals surface area contributed by atoms with E-state index in [1.54, 1.807) is 4.57 Å². The van der Waals surface area contributed by atoms with E-state index in [4.69, 9.17) is 10.5 Å². The van der Waals surface area contributed by atoms with Crippen molar-refractivity contribution in [3.05, 3.63) is 12.7 Å². The number of imidazole rings is 1. The van der Waals surface area contributed by atoms with Crippen LogP contribution in [0.15, 0.2) is 12.7 Å². The first kappa shape index (κ1) is 14.1. The number of nitrogen functional groups attached to an aromatic ring is 1. The molecular weight excluding hydrogens is 278 g/mol. The van der Waals surface area contributed by atoms with Gasteiger partial charge in [-0.1, -0.05) is 0 Å². The predicted molar refractivity (Wildman–Crippen MR) is 72.0 cm³/mol. The fraction of sp³-hybridized carbons (Fsp3) is 0.583. The molecule has 114 valence electrons. The molecule has 1 aliphatic rings. The molecule has 2 aromatic heterocycles. The summed E-state index contributed by atoms with van der Waals surface area (Å²) in [5.41, 5.74) is 6.66. The van der Waals surface area contributed by atoms with E-state index in [2.05, 4.69) is 15.0 Å². The monoisotopic (exact) mass is 295 g/mol. The SMILES string of the molecule is Nc1ncnc2c1ncn2[C@@H]1C[C@H](O)C[C@H](O)[C@@H](CO)O1. The van der Waals surface area contributed by atoms with Gasteiger partial charge in [0.2, 0.25) is 0 Å². The highest BCUT2D eigenvalue weighted by Crippen LogP contribution is 2.29. The Hall–Kier alpha value is -1.81. The number of nitrogens with zero attached hydrogens (tertiary/aromatic N) is 4. The molecule has 1 fully saturated rings. The Morgan fingerprint density at radius 3 is 2.86 bits per heavy atom. The normalized spacial score (nSPS) is 30.4. The van der Waals surface area contributed by atoms with Crippen molar-refractivity contribution >= 4 is 17.0 Å². The lowest BCUT2D eigenvalue weighted by molar-refractivity contribution is -0.111. The number of fused-ring (bicyclic) bond motifs is 1. The van der Waals surface area contributed by atoms with E-state index >= 15 is 0 Å². The molecule has 0 saturated carbocycles. The largest absolute Gasteiger partial charge is 0.394 e. The molecule has 0 unspecified atom stereocenters. The van der Waals surface area contributed by atoms with Gasteiger partial charge < -0.3 is 25.8 Å². The first-order valence-electron chi connectivity index (χ1n) is 6.65. The van der Waals surface area contributed by atoms with Gasteiger partial charge in [-0.15, -0.1) is 0 Å². The number of anilines is 1. The Morgan fingerprint density at radius 1 is 1.29 bits per heavy atom. The van der Waals surface area contributed by atoms with Gasteiger partial charge >= 0.3 is 0 Å². The molecule has 1 saturated heterocycles. The first-order chi connectivity index (χ1) is 10.1. The zero-order valence-electron chi connectivity index (χ0n) is 11.2. The van der Waals surface area contributed by atoms with Crippen LogP contribution in [-0.4, -0.2) is 59.8 Å². The van der Waals surface area contributed by atoms with Gasteiger partial charge in [-0.25, -0.2) is 15.0 Å². The van der Waals surface area contributed by atoms with E-state index in [-0.39, 0.29) is 25.3 Å². The van der Waals surface area contributed by atoms with Crippen LogP contribution in [0.4, 0.5) is 5.82 Å². The van der Waals surface area contributed by atoms with Crippen LogP contribution in [0.25, 0.3) is 11.2 Å². The Balaban J connectivity index is 1.98. The van der Waals surface area contributed by atoms with Crippen molar-refractivity contribution in [1.82, 2.24) is 19.5 Å². The van der Waals surface area contributed by atoms with E-state index < -0.39 is 24.5 Å². The first-order valence-corrected chi connectivity index (χ1v) is 6.65. The highest BCUT2D eigenvalue weighted by atomic mass is 16.5. The Labute approximate surface area is 120 Å². The second-order valence-corrected chi connectivity index (χ2v) is 5.09. The van der Waals surface area contributed by atoms with Gasteiger partial charge in [0.05, 0.1) is 25.1 Å². The number of rotatable bonds is 2. The van der Waals surface area contributed by atoms with E-state index in [0.29, 0.717) is 11.2 Å². The van der Waals surface area contributed by atoms with Crippen LogP contribution in [0.3, 0.4) is 0 Å². The summed E-state index contributed by atoms with van der Waals surface area (Å²) in [5, 5.41) is 29.1. The fourth-order valence-corrected chi connectivity index (χ4v) is 2.53. The number of ether oxygens (including phenoxy) is 1. The molecule has 0 aromatic carbocycles. The van der Waals surface area contributed by atoms with Gasteiger partial charge in [0, 0.05) is 12.8 Å². The summed E-state index contributed by atoms with van der Waals surface area (Å²) in [6.07, 6.45) is 0.162. The molecule has 0 bridgehead atoms. The second-order valence-electron chi connectivity index (χ2n) is 5.09. The number of aliphatic hydroxyl groups excluding tert-OH is 3. The third-order valence-electron chi connectivity index (χ3n) is 3.63. The van der Waals surface area contributed by atoms with Crippen molar-refractivity contribution in [3.8, 4) is 0 Å². The summed E-state index contributed by atoms with van der Waals surface area (Å²) < 4.78 is 7.32. The minimum Gasteiger partial charge on any atom is -0.394 e. The average molecular weight is 295 g/mol. The van der Waals surface area contributed by atoms with Gasteiger partial charge in [-0.05, 0) is 0 Å². The van der Waals surface area contributed by atoms with Gasteiger partial charge in [-0.3, -0.25) is 4.57 Å². The summed E-state index contributed by atoms with van der Waals surface area (Å²) >= 11 is 0. The third kappa shape index (κ3) is 2.56. The minimum absolute atomic E-state index is 0.144. The quantitative estimate of drug-likeness (QED) is 0.541. The molecule has 1 aliphatic heterocycles. The molecule has 3 heterocycles. The Bertz CT molecular complexity index is 633. The molecule has 0 radical (unpaired) electrons. The predicted octanol–water partition coefficient (Wildman–Crippen LogP) is -1.20. The van der Waals surface area contributed by atoms with Crippen molar-refractivity contribution in [2.24, 2.45) is 0 Å². The smallest absolute Gasteiger partial charge is 0.167 e. The lowest BCUT2D eigenvalue weighted by atomic mass is 10.1. The maximum atomic E-state index is 9.96. The highest BCUT2D eigenvalue weighted by molar-refractivity contribution is 5.81. The maximum Gasteiger partial charge on any atom is 0.167 e. The molecule has 0 aliphatic carbocycles. The zero-order chi connectivity index (χ0) is 15.0. The summed E-state index contributed by atoms with van der Waals surface area (Å²) in [6.45, 7) is -0.339. The average Bonchev–Trinajstić information content (AvgIpc) is 2.82. The minimum atomic E-state index is -0.926. The molecule has 9 heteroatoms. The molecule has 0 amide bonds. The van der Waals surface area contributed by atoms with Crippen molar-refractivity contribution in [3.63, 3.8) is 0 Å². The molecule has 0 spiro atoms. The summed E-state index contributed by atoms with van der Waals surface area (Å²) in [7, 11) is 0. The molecular formula is C12H17N5O4.